The smallest absolute Gasteiger partial charge is 0.342 e. The van der Waals surface area contributed by atoms with E-state index < -0.39 is 17.5 Å². The third-order valence-electron chi connectivity index (χ3n) is 3.11. The van der Waals surface area contributed by atoms with E-state index in [4.69, 9.17) is 4.74 Å². The van der Waals surface area contributed by atoms with Gasteiger partial charge in [-0.15, -0.1) is 0 Å². The van der Waals surface area contributed by atoms with Crippen molar-refractivity contribution in [2.45, 2.75) is 18.9 Å². The largest absolute Gasteiger partial charge is 0.467 e. The summed E-state index contributed by atoms with van der Waals surface area (Å²) in [5, 5.41) is 10.7. The van der Waals surface area contributed by atoms with Crippen LogP contribution < -0.4 is 0 Å². The summed E-state index contributed by atoms with van der Waals surface area (Å²) in [6.07, 6.45) is 5.87. The fourth-order valence-electron chi connectivity index (χ4n) is 1.91. The van der Waals surface area contributed by atoms with Gasteiger partial charge in [-0.2, -0.15) is 0 Å². The molecule has 5 nitrogen and oxygen atoms in total. The summed E-state index contributed by atoms with van der Waals surface area (Å²) in [5.41, 5.74) is -0.383. The number of carbonyl (C=O) groups excluding carboxylic acids is 2. The second-order valence-corrected chi connectivity index (χ2v) is 4.74. The lowest BCUT2D eigenvalue weighted by Gasteiger charge is -2.24. The highest BCUT2D eigenvalue weighted by Gasteiger charge is 2.38. The van der Waals surface area contributed by atoms with Crippen molar-refractivity contribution in [2.24, 2.45) is 0 Å². The van der Waals surface area contributed by atoms with Gasteiger partial charge in [0.15, 0.2) is 5.60 Å². The van der Waals surface area contributed by atoms with Crippen molar-refractivity contribution in [3.8, 4) is 0 Å². The number of carbonyl (C=O) groups is 2. The van der Waals surface area contributed by atoms with Crippen LogP contribution in [0.4, 0.5) is 0 Å². The summed E-state index contributed by atoms with van der Waals surface area (Å²) in [7, 11) is 2.51. The molecular formula is C17H20O5. The first-order valence-corrected chi connectivity index (χ1v) is 6.73. The van der Waals surface area contributed by atoms with E-state index in [-0.39, 0.29) is 6.42 Å². The molecule has 1 aromatic rings. The van der Waals surface area contributed by atoms with Gasteiger partial charge in [0, 0.05) is 12.5 Å². The highest BCUT2D eigenvalue weighted by Crippen LogP contribution is 2.28. The lowest BCUT2D eigenvalue weighted by molar-refractivity contribution is -0.163. The Kier molecular flexibility index (Phi) is 6.53. The summed E-state index contributed by atoms with van der Waals surface area (Å²) < 4.78 is 9.16. The van der Waals surface area contributed by atoms with E-state index in [1.807, 2.05) is 13.0 Å². The highest BCUT2D eigenvalue weighted by atomic mass is 16.5. The van der Waals surface area contributed by atoms with Gasteiger partial charge >= 0.3 is 11.9 Å². The number of aliphatic hydroxyl groups is 1. The van der Waals surface area contributed by atoms with Gasteiger partial charge in [0.2, 0.25) is 0 Å². The van der Waals surface area contributed by atoms with E-state index in [1.54, 1.807) is 30.4 Å². The van der Waals surface area contributed by atoms with Crippen LogP contribution >= 0.6 is 0 Å². The van der Waals surface area contributed by atoms with Gasteiger partial charge in [-0.05, 0) is 12.5 Å². The minimum atomic E-state index is -1.77. The molecule has 0 aliphatic carbocycles. The Balaban J connectivity index is 2.94. The fourth-order valence-corrected chi connectivity index (χ4v) is 1.91. The van der Waals surface area contributed by atoms with E-state index in [1.165, 1.54) is 26.4 Å². The topological polar surface area (TPSA) is 72.8 Å². The minimum Gasteiger partial charge on any atom is -0.467 e. The van der Waals surface area contributed by atoms with Crippen LogP contribution in [0.15, 0.2) is 48.6 Å². The molecule has 1 unspecified atom stereocenters. The number of methoxy groups -OCH3 is 2. The summed E-state index contributed by atoms with van der Waals surface area (Å²) in [5.74, 6) is -1.22. The Morgan fingerprint density at radius 2 is 1.95 bits per heavy atom. The summed E-state index contributed by atoms with van der Waals surface area (Å²) in [6, 6.07) is 7.03. The number of esters is 2. The molecule has 0 aliphatic rings. The fraction of sp³-hybridized carbons (Fsp3) is 0.294. The third kappa shape index (κ3) is 4.56. The number of allylic oxidation sites excluding steroid dienone is 2. The Bertz CT molecular complexity index is 588. The maximum atomic E-state index is 12.0. The molecule has 0 fully saturated rings. The molecule has 0 saturated carbocycles. The number of benzene rings is 1. The van der Waals surface area contributed by atoms with E-state index in [9.17, 15) is 14.7 Å². The van der Waals surface area contributed by atoms with E-state index >= 15 is 0 Å². The van der Waals surface area contributed by atoms with Crippen molar-refractivity contribution >= 4 is 11.9 Å². The zero-order valence-corrected chi connectivity index (χ0v) is 12.9. The summed E-state index contributed by atoms with van der Waals surface area (Å²) >= 11 is 0. The van der Waals surface area contributed by atoms with Crippen molar-refractivity contribution < 1.29 is 24.2 Å². The van der Waals surface area contributed by atoms with Crippen molar-refractivity contribution in [2.75, 3.05) is 14.2 Å². The van der Waals surface area contributed by atoms with Crippen molar-refractivity contribution in [3.05, 3.63) is 59.7 Å². The first-order valence-electron chi connectivity index (χ1n) is 6.73. The van der Waals surface area contributed by atoms with Gasteiger partial charge in [0.05, 0.1) is 14.2 Å². The van der Waals surface area contributed by atoms with Crippen LogP contribution in [0.25, 0.3) is 0 Å². The predicted octanol–water partition coefficient (Wildman–Crippen LogP) is 2.03. The lowest BCUT2D eigenvalue weighted by atomic mass is 9.89. The highest BCUT2D eigenvalue weighted by molar-refractivity contribution is 5.82. The molecule has 0 amide bonds. The standard InChI is InChI=1S/C17H20O5/c1-13-8-7-9-14(12-13)17(20,16(19)22-3)11-6-4-5-10-15(18)21-2/h4-10,12,20H,11H2,1-3H3/b6-4+,10-5+. The van der Waals surface area contributed by atoms with Gasteiger partial charge in [0.25, 0.3) is 0 Å². The number of rotatable bonds is 6. The maximum absolute atomic E-state index is 12.0. The van der Waals surface area contributed by atoms with E-state index in [2.05, 4.69) is 4.74 Å². The van der Waals surface area contributed by atoms with Gasteiger partial charge < -0.3 is 14.6 Å². The Hall–Kier alpha value is -2.40. The first-order chi connectivity index (χ1) is 10.4. The molecule has 118 valence electrons. The van der Waals surface area contributed by atoms with Crippen LogP contribution in [0, 0.1) is 6.92 Å². The molecule has 0 aliphatic heterocycles. The van der Waals surface area contributed by atoms with Gasteiger partial charge in [-0.25, -0.2) is 9.59 Å². The quantitative estimate of drug-likeness (QED) is 0.494. The molecule has 0 bridgehead atoms. The van der Waals surface area contributed by atoms with Crippen molar-refractivity contribution in [1.82, 2.24) is 0 Å². The Morgan fingerprint density at radius 3 is 2.55 bits per heavy atom. The van der Waals surface area contributed by atoms with Crippen molar-refractivity contribution in [1.29, 1.82) is 0 Å². The third-order valence-corrected chi connectivity index (χ3v) is 3.11. The van der Waals surface area contributed by atoms with Gasteiger partial charge in [0.1, 0.15) is 0 Å². The molecular weight excluding hydrogens is 284 g/mol. The van der Waals surface area contributed by atoms with Gasteiger partial charge in [-0.3, -0.25) is 0 Å². The molecule has 0 heterocycles. The molecule has 0 saturated heterocycles. The van der Waals surface area contributed by atoms with Gasteiger partial charge in [-0.1, -0.05) is 48.1 Å². The first kappa shape index (κ1) is 17.7. The Labute approximate surface area is 129 Å². The maximum Gasteiger partial charge on any atom is 0.342 e. The molecule has 1 N–H and O–H groups in total. The zero-order valence-electron chi connectivity index (χ0n) is 12.9. The lowest BCUT2D eigenvalue weighted by Crippen LogP contribution is -2.36. The average molecular weight is 304 g/mol. The molecule has 5 heteroatoms. The minimum absolute atomic E-state index is 0.0225. The SMILES string of the molecule is COC(=O)/C=C/C=C/CC(O)(C(=O)OC)c1cccc(C)c1. The van der Waals surface area contributed by atoms with E-state index in [0.29, 0.717) is 5.56 Å². The number of hydrogen-bond donors (Lipinski definition) is 1. The van der Waals surface area contributed by atoms with Crippen LogP contribution in [0.3, 0.4) is 0 Å². The molecule has 0 aromatic heterocycles. The number of ether oxygens (including phenoxy) is 2. The van der Waals surface area contributed by atoms with Crippen molar-refractivity contribution in [3.63, 3.8) is 0 Å². The zero-order chi connectivity index (χ0) is 16.6. The van der Waals surface area contributed by atoms with Crippen LogP contribution in [0.1, 0.15) is 17.5 Å². The second kappa shape index (κ2) is 8.14. The number of hydrogen-bond acceptors (Lipinski definition) is 5. The normalized spacial score (nSPS) is 14.0. The van der Waals surface area contributed by atoms with Crippen LogP contribution in [0.2, 0.25) is 0 Å². The monoisotopic (exact) mass is 304 g/mol. The molecule has 0 radical (unpaired) electrons. The average Bonchev–Trinajstić information content (AvgIpc) is 2.53. The van der Waals surface area contributed by atoms with Crippen LogP contribution in [-0.2, 0) is 24.7 Å². The van der Waals surface area contributed by atoms with Crippen LogP contribution in [-0.4, -0.2) is 31.3 Å². The molecule has 0 spiro atoms. The molecule has 1 aromatic carbocycles. The second-order valence-electron chi connectivity index (χ2n) is 4.74. The summed E-state index contributed by atoms with van der Waals surface area (Å²) in [4.78, 5) is 22.9. The van der Waals surface area contributed by atoms with Crippen LogP contribution in [0.5, 0.6) is 0 Å². The summed E-state index contributed by atoms with van der Waals surface area (Å²) in [6.45, 7) is 1.87. The molecule has 1 rings (SSSR count). The molecule has 1 atom stereocenters. The van der Waals surface area contributed by atoms with E-state index in [0.717, 1.165) is 5.56 Å². The molecule has 22 heavy (non-hydrogen) atoms. The predicted molar refractivity (Wildman–Crippen MR) is 82.0 cm³/mol. The number of aryl methyl sites for hydroxylation is 1. The Morgan fingerprint density at radius 1 is 1.23 bits per heavy atom.